The summed E-state index contributed by atoms with van der Waals surface area (Å²) in [5, 5.41) is 10.2. The second-order valence-corrected chi connectivity index (χ2v) is 6.22. The second kappa shape index (κ2) is 5.63. The Morgan fingerprint density at radius 2 is 2.24 bits per heavy atom. The Labute approximate surface area is 127 Å². The SMILES string of the molecule is CC(C)(C)OC(=O)n1cc(Cl)c2cc(CC(N)O)cnc21. The number of aliphatic hydroxyl groups is 1. The molecule has 7 heteroatoms. The van der Waals surface area contributed by atoms with Gasteiger partial charge in [0.1, 0.15) is 11.8 Å². The summed E-state index contributed by atoms with van der Waals surface area (Å²) in [5.74, 6) is 0. The van der Waals surface area contributed by atoms with Crippen molar-refractivity contribution in [3.8, 4) is 0 Å². The summed E-state index contributed by atoms with van der Waals surface area (Å²) in [5.41, 5.74) is 5.88. The van der Waals surface area contributed by atoms with E-state index in [4.69, 9.17) is 22.1 Å². The van der Waals surface area contributed by atoms with E-state index in [2.05, 4.69) is 4.98 Å². The van der Waals surface area contributed by atoms with Gasteiger partial charge in [-0.05, 0) is 32.4 Å². The molecular formula is C14H18ClN3O3. The minimum absolute atomic E-state index is 0.261. The van der Waals surface area contributed by atoms with Crippen LogP contribution < -0.4 is 5.73 Å². The molecule has 0 aromatic carbocycles. The number of nitrogens with two attached hydrogens (primary N) is 1. The van der Waals surface area contributed by atoms with Gasteiger partial charge in [-0.15, -0.1) is 0 Å². The van der Waals surface area contributed by atoms with Crippen molar-refractivity contribution >= 4 is 28.7 Å². The molecule has 114 valence electrons. The van der Waals surface area contributed by atoms with Crippen molar-refractivity contribution in [1.82, 2.24) is 9.55 Å². The molecule has 0 aliphatic carbocycles. The molecule has 0 fully saturated rings. The van der Waals surface area contributed by atoms with Crippen LogP contribution in [0.2, 0.25) is 5.02 Å². The fourth-order valence-electron chi connectivity index (χ4n) is 1.92. The van der Waals surface area contributed by atoms with Crippen molar-refractivity contribution < 1.29 is 14.6 Å². The summed E-state index contributed by atoms with van der Waals surface area (Å²) in [6, 6.07) is 1.75. The Morgan fingerprint density at radius 3 is 2.81 bits per heavy atom. The molecule has 2 rings (SSSR count). The molecule has 2 aromatic heterocycles. The van der Waals surface area contributed by atoms with E-state index in [0.717, 1.165) is 5.56 Å². The van der Waals surface area contributed by atoms with Gasteiger partial charge in [0.05, 0.1) is 5.02 Å². The van der Waals surface area contributed by atoms with Crippen LogP contribution in [0.4, 0.5) is 4.79 Å². The van der Waals surface area contributed by atoms with Crippen LogP contribution in [0.15, 0.2) is 18.5 Å². The Balaban J connectivity index is 2.41. The fourth-order valence-corrected chi connectivity index (χ4v) is 2.15. The summed E-state index contributed by atoms with van der Waals surface area (Å²) in [6.07, 6.45) is 1.78. The third-order valence-electron chi connectivity index (χ3n) is 2.69. The predicted octanol–water partition coefficient (Wildman–Crippen LogP) is 2.29. The quantitative estimate of drug-likeness (QED) is 0.830. The van der Waals surface area contributed by atoms with Gasteiger partial charge in [-0.1, -0.05) is 11.6 Å². The monoisotopic (exact) mass is 311 g/mol. The number of aliphatic hydroxyl groups excluding tert-OH is 1. The van der Waals surface area contributed by atoms with E-state index in [9.17, 15) is 9.90 Å². The van der Waals surface area contributed by atoms with Gasteiger partial charge >= 0.3 is 6.09 Å². The number of pyridine rings is 1. The molecule has 0 bridgehead atoms. The summed E-state index contributed by atoms with van der Waals surface area (Å²) < 4.78 is 6.57. The van der Waals surface area contributed by atoms with Gasteiger partial charge in [-0.3, -0.25) is 0 Å². The van der Waals surface area contributed by atoms with Crippen molar-refractivity contribution in [2.24, 2.45) is 5.73 Å². The van der Waals surface area contributed by atoms with Crippen molar-refractivity contribution in [2.45, 2.75) is 39.0 Å². The normalized spacial score (nSPS) is 13.4. The fraction of sp³-hybridized carbons (Fsp3) is 0.429. The Bertz CT molecular complexity index is 674. The van der Waals surface area contributed by atoms with Crippen molar-refractivity contribution in [2.75, 3.05) is 0 Å². The summed E-state index contributed by atoms with van der Waals surface area (Å²) in [7, 11) is 0. The van der Waals surface area contributed by atoms with Gasteiger partial charge in [-0.25, -0.2) is 14.3 Å². The molecule has 0 radical (unpaired) electrons. The minimum atomic E-state index is -0.962. The highest BCUT2D eigenvalue weighted by Gasteiger charge is 2.21. The summed E-state index contributed by atoms with van der Waals surface area (Å²) in [4.78, 5) is 16.3. The molecule has 0 aliphatic heterocycles. The first-order valence-electron chi connectivity index (χ1n) is 6.50. The topological polar surface area (TPSA) is 90.4 Å². The third kappa shape index (κ3) is 3.72. The maximum Gasteiger partial charge on any atom is 0.420 e. The summed E-state index contributed by atoms with van der Waals surface area (Å²) >= 11 is 6.14. The van der Waals surface area contributed by atoms with Crippen molar-refractivity contribution in [1.29, 1.82) is 0 Å². The van der Waals surface area contributed by atoms with Crippen LogP contribution in [0, 0.1) is 0 Å². The Hall–Kier alpha value is -1.63. The lowest BCUT2D eigenvalue weighted by Gasteiger charge is -2.19. The van der Waals surface area contributed by atoms with Crippen LogP contribution in [0.1, 0.15) is 26.3 Å². The van der Waals surface area contributed by atoms with E-state index >= 15 is 0 Å². The van der Waals surface area contributed by atoms with Crippen LogP contribution in [0.5, 0.6) is 0 Å². The number of fused-ring (bicyclic) bond motifs is 1. The zero-order valence-corrected chi connectivity index (χ0v) is 12.9. The number of rotatable bonds is 2. The highest BCUT2D eigenvalue weighted by atomic mass is 35.5. The second-order valence-electron chi connectivity index (χ2n) is 5.81. The van der Waals surface area contributed by atoms with Gasteiger partial charge in [0.25, 0.3) is 0 Å². The Morgan fingerprint density at radius 1 is 1.57 bits per heavy atom. The van der Waals surface area contributed by atoms with E-state index in [1.165, 1.54) is 10.8 Å². The van der Waals surface area contributed by atoms with Crippen LogP contribution in [-0.4, -0.2) is 32.6 Å². The van der Waals surface area contributed by atoms with E-state index < -0.39 is 17.9 Å². The zero-order valence-electron chi connectivity index (χ0n) is 12.1. The van der Waals surface area contributed by atoms with Gasteiger partial charge in [0, 0.05) is 24.2 Å². The maximum absolute atomic E-state index is 12.1. The first-order chi connectivity index (χ1) is 9.67. The van der Waals surface area contributed by atoms with Gasteiger partial charge in [0.15, 0.2) is 5.65 Å². The molecule has 0 saturated carbocycles. The highest BCUT2D eigenvalue weighted by molar-refractivity contribution is 6.35. The first kappa shape index (κ1) is 15.8. The third-order valence-corrected chi connectivity index (χ3v) is 2.99. The van der Waals surface area contributed by atoms with Gasteiger partial charge < -0.3 is 15.6 Å². The van der Waals surface area contributed by atoms with E-state index in [1.807, 2.05) is 0 Å². The Kier molecular flexibility index (Phi) is 4.22. The molecule has 0 saturated heterocycles. The lowest BCUT2D eigenvalue weighted by molar-refractivity contribution is 0.0543. The smallest absolute Gasteiger partial charge is 0.420 e. The molecular weight excluding hydrogens is 294 g/mol. The molecule has 1 atom stereocenters. The average Bonchev–Trinajstić information content (AvgIpc) is 2.64. The van der Waals surface area contributed by atoms with Crippen LogP contribution in [0.25, 0.3) is 11.0 Å². The van der Waals surface area contributed by atoms with Crippen LogP contribution >= 0.6 is 11.6 Å². The predicted molar refractivity (Wildman–Crippen MR) is 80.3 cm³/mol. The molecule has 2 aromatic rings. The number of carbonyl (C=O) groups is 1. The molecule has 6 nitrogen and oxygen atoms in total. The molecule has 21 heavy (non-hydrogen) atoms. The van der Waals surface area contributed by atoms with Gasteiger partial charge in [-0.2, -0.15) is 0 Å². The highest BCUT2D eigenvalue weighted by Crippen LogP contribution is 2.26. The molecule has 0 spiro atoms. The van der Waals surface area contributed by atoms with Crippen molar-refractivity contribution in [3.05, 3.63) is 29.0 Å². The molecule has 1 unspecified atom stereocenters. The van der Waals surface area contributed by atoms with Crippen molar-refractivity contribution in [3.63, 3.8) is 0 Å². The molecule has 3 N–H and O–H groups in total. The number of hydrogen-bond acceptors (Lipinski definition) is 5. The van der Waals surface area contributed by atoms with E-state index in [-0.39, 0.29) is 6.42 Å². The lowest BCUT2D eigenvalue weighted by atomic mass is 10.1. The number of ether oxygens (including phenoxy) is 1. The van der Waals surface area contributed by atoms with Crippen LogP contribution in [-0.2, 0) is 11.2 Å². The molecule has 0 aliphatic rings. The first-order valence-corrected chi connectivity index (χ1v) is 6.87. The molecule has 2 heterocycles. The lowest BCUT2D eigenvalue weighted by Crippen LogP contribution is -2.26. The molecule has 0 amide bonds. The summed E-state index contributed by atoms with van der Waals surface area (Å²) in [6.45, 7) is 5.35. The number of carbonyl (C=O) groups excluding carboxylic acids is 1. The standard InChI is InChI=1S/C14H18ClN3O3/c1-14(2,3)21-13(20)18-7-10(15)9-4-8(5-11(16)19)6-17-12(9)18/h4,6-7,11,19H,5,16H2,1-3H3. The number of aromatic nitrogens is 2. The average molecular weight is 312 g/mol. The minimum Gasteiger partial charge on any atom is -0.443 e. The van der Waals surface area contributed by atoms with Gasteiger partial charge in [0.2, 0.25) is 0 Å². The van der Waals surface area contributed by atoms with Crippen LogP contribution in [0.3, 0.4) is 0 Å². The number of nitrogens with zero attached hydrogens (tertiary/aromatic N) is 2. The zero-order chi connectivity index (χ0) is 15.8. The van der Waals surface area contributed by atoms with E-state index in [0.29, 0.717) is 16.1 Å². The van der Waals surface area contributed by atoms with E-state index in [1.54, 1.807) is 33.0 Å². The largest absolute Gasteiger partial charge is 0.443 e. The number of hydrogen-bond donors (Lipinski definition) is 2. The number of halogens is 1. The maximum atomic E-state index is 12.1.